The third-order valence-electron chi connectivity index (χ3n) is 5.10. The smallest absolute Gasteiger partial charge is 0.308 e. The maximum Gasteiger partial charge on any atom is 0.308 e. The molecule has 0 aliphatic carbocycles. The summed E-state index contributed by atoms with van der Waals surface area (Å²) in [6.07, 6.45) is 0.374. The molecule has 0 radical (unpaired) electrons. The highest BCUT2D eigenvalue weighted by atomic mass is 32.1. The molecule has 0 atom stereocenters. The lowest BCUT2D eigenvalue weighted by Crippen LogP contribution is -2.48. The molecular formula is C21H23N3O2S. The Morgan fingerprint density at radius 3 is 2.41 bits per heavy atom. The molecular weight excluding hydrogens is 358 g/mol. The van der Waals surface area contributed by atoms with E-state index in [0.717, 1.165) is 42.9 Å². The van der Waals surface area contributed by atoms with Crippen molar-refractivity contribution in [2.75, 3.05) is 26.2 Å². The lowest BCUT2D eigenvalue weighted by molar-refractivity contribution is -0.133. The molecule has 0 unspecified atom stereocenters. The van der Waals surface area contributed by atoms with E-state index in [9.17, 15) is 9.59 Å². The van der Waals surface area contributed by atoms with Crippen molar-refractivity contribution in [1.82, 2.24) is 14.4 Å². The van der Waals surface area contributed by atoms with Gasteiger partial charge in [0.15, 0.2) is 0 Å². The zero-order valence-corrected chi connectivity index (χ0v) is 16.0. The molecule has 0 N–H and O–H groups in total. The van der Waals surface area contributed by atoms with Gasteiger partial charge in [-0.2, -0.15) is 0 Å². The van der Waals surface area contributed by atoms with Crippen LogP contribution in [0, 0.1) is 0 Å². The van der Waals surface area contributed by atoms with Crippen LogP contribution in [0.5, 0.6) is 0 Å². The quantitative estimate of drug-likeness (QED) is 0.683. The lowest BCUT2D eigenvalue weighted by Gasteiger charge is -2.34. The average molecular weight is 382 g/mol. The van der Waals surface area contributed by atoms with Crippen LogP contribution in [0.3, 0.4) is 0 Å². The van der Waals surface area contributed by atoms with Crippen LogP contribution in [0.4, 0.5) is 0 Å². The molecule has 0 saturated carbocycles. The van der Waals surface area contributed by atoms with Gasteiger partial charge in [0.25, 0.3) is 0 Å². The number of thiazole rings is 1. The second-order valence-electron chi connectivity index (χ2n) is 6.88. The van der Waals surface area contributed by atoms with E-state index in [4.69, 9.17) is 0 Å². The van der Waals surface area contributed by atoms with E-state index in [0.29, 0.717) is 13.0 Å². The number of piperazine rings is 1. The number of fused-ring (bicyclic) bond motifs is 1. The SMILES string of the molecule is O=C(CCn1c(=O)sc2ccccc21)N1CCN(Cc2ccccc2)CC1. The first-order valence-corrected chi connectivity index (χ1v) is 10.1. The van der Waals surface area contributed by atoms with Crippen molar-refractivity contribution in [1.29, 1.82) is 0 Å². The van der Waals surface area contributed by atoms with Crippen LogP contribution in [-0.2, 0) is 17.9 Å². The number of aromatic nitrogens is 1. The maximum absolute atomic E-state index is 12.6. The van der Waals surface area contributed by atoms with Gasteiger partial charge < -0.3 is 4.90 Å². The summed E-state index contributed by atoms with van der Waals surface area (Å²) in [6.45, 7) is 4.67. The lowest BCUT2D eigenvalue weighted by atomic mass is 10.2. The molecule has 1 amide bonds. The molecule has 5 nitrogen and oxygen atoms in total. The first-order chi connectivity index (χ1) is 13.2. The number of amides is 1. The van der Waals surface area contributed by atoms with Crippen molar-refractivity contribution < 1.29 is 4.79 Å². The monoisotopic (exact) mass is 381 g/mol. The average Bonchev–Trinajstić information content (AvgIpc) is 3.02. The van der Waals surface area contributed by atoms with E-state index in [1.54, 1.807) is 4.57 Å². The Balaban J connectivity index is 1.31. The molecule has 1 aromatic heterocycles. The van der Waals surface area contributed by atoms with Gasteiger partial charge in [-0.3, -0.25) is 19.1 Å². The Morgan fingerprint density at radius 1 is 0.926 bits per heavy atom. The Labute approximate surface area is 162 Å². The van der Waals surface area contributed by atoms with Crippen molar-refractivity contribution in [3.8, 4) is 0 Å². The minimum atomic E-state index is 0.0108. The largest absolute Gasteiger partial charge is 0.340 e. The van der Waals surface area contributed by atoms with Crippen molar-refractivity contribution in [2.24, 2.45) is 0 Å². The first-order valence-electron chi connectivity index (χ1n) is 9.33. The van der Waals surface area contributed by atoms with Crippen LogP contribution in [0.2, 0.25) is 0 Å². The number of nitrogens with zero attached hydrogens (tertiary/aromatic N) is 3. The van der Waals surface area contributed by atoms with Crippen LogP contribution >= 0.6 is 11.3 Å². The number of para-hydroxylation sites is 1. The maximum atomic E-state index is 12.6. The molecule has 140 valence electrons. The first kappa shape index (κ1) is 17.9. The van der Waals surface area contributed by atoms with E-state index in [1.807, 2.05) is 35.2 Å². The highest BCUT2D eigenvalue weighted by Crippen LogP contribution is 2.17. The van der Waals surface area contributed by atoms with E-state index >= 15 is 0 Å². The van der Waals surface area contributed by atoms with Crippen molar-refractivity contribution >= 4 is 27.5 Å². The fourth-order valence-corrected chi connectivity index (χ4v) is 4.51. The molecule has 27 heavy (non-hydrogen) atoms. The Bertz CT molecular complexity index is 972. The molecule has 1 aliphatic rings. The van der Waals surface area contributed by atoms with Crippen molar-refractivity contribution in [2.45, 2.75) is 19.5 Å². The zero-order valence-electron chi connectivity index (χ0n) is 15.2. The van der Waals surface area contributed by atoms with E-state index in [1.165, 1.54) is 16.9 Å². The third-order valence-corrected chi connectivity index (χ3v) is 6.06. The van der Waals surface area contributed by atoms with Gasteiger partial charge in [0.05, 0.1) is 10.2 Å². The van der Waals surface area contributed by atoms with Gasteiger partial charge in [-0.25, -0.2) is 0 Å². The predicted molar refractivity (Wildman–Crippen MR) is 109 cm³/mol. The molecule has 1 aliphatic heterocycles. The highest BCUT2D eigenvalue weighted by Gasteiger charge is 2.21. The van der Waals surface area contributed by atoms with Crippen LogP contribution in [0.15, 0.2) is 59.4 Å². The predicted octanol–water partition coefficient (Wildman–Crippen LogP) is 2.80. The van der Waals surface area contributed by atoms with Crippen LogP contribution in [0.25, 0.3) is 10.2 Å². The molecule has 3 aromatic rings. The molecule has 1 saturated heterocycles. The van der Waals surface area contributed by atoms with E-state index < -0.39 is 0 Å². The summed E-state index contributed by atoms with van der Waals surface area (Å²) < 4.78 is 2.70. The number of benzene rings is 2. The number of carbonyl (C=O) groups excluding carboxylic acids is 1. The number of rotatable bonds is 5. The van der Waals surface area contributed by atoms with E-state index in [-0.39, 0.29) is 10.8 Å². The topological polar surface area (TPSA) is 45.6 Å². The van der Waals surface area contributed by atoms with Gasteiger partial charge in [-0.15, -0.1) is 0 Å². The highest BCUT2D eigenvalue weighted by molar-refractivity contribution is 7.16. The molecule has 6 heteroatoms. The Morgan fingerprint density at radius 2 is 1.63 bits per heavy atom. The summed E-state index contributed by atoms with van der Waals surface area (Å²) in [4.78, 5) is 29.1. The minimum Gasteiger partial charge on any atom is -0.340 e. The van der Waals surface area contributed by atoms with Gasteiger partial charge in [0, 0.05) is 45.7 Å². The van der Waals surface area contributed by atoms with Crippen LogP contribution in [0.1, 0.15) is 12.0 Å². The standard InChI is InChI=1S/C21H23N3O2S/c25-20(10-11-24-18-8-4-5-9-19(18)27-21(24)26)23-14-12-22(13-15-23)16-17-6-2-1-3-7-17/h1-9H,10-16H2. The summed E-state index contributed by atoms with van der Waals surface area (Å²) in [5, 5.41) is 0. The third kappa shape index (κ3) is 4.12. The van der Waals surface area contributed by atoms with Gasteiger partial charge in [-0.05, 0) is 17.7 Å². The summed E-state index contributed by atoms with van der Waals surface area (Å²) >= 11 is 1.24. The van der Waals surface area contributed by atoms with Gasteiger partial charge in [0.2, 0.25) is 5.91 Å². The molecule has 1 fully saturated rings. The van der Waals surface area contributed by atoms with Crippen molar-refractivity contribution in [3.05, 3.63) is 69.8 Å². The normalized spacial score (nSPS) is 15.3. The van der Waals surface area contributed by atoms with Crippen molar-refractivity contribution in [3.63, 3.8) is 0 Å². The van der Waals surface area contributed by atoms with E-state index in [2.05, 4.69) is 29.2 Å². The summed E-state index contributed by atoms with van der Waals surface area (Å²) in [5.41, 5.74) is 2.23. The van der Waals surface area contributed by atoms with Crippen LogP contribution < -0.4 is 4.87 Å². The zero-order chi connectivity index (χ0) is 18.6. The Hall–Kier alpha value is -2.44. The van der Waals surface area contributed by atoms with Gasteiger partial charge in [-0.1, -0.05) is 53.8 Å². The summed E-state index contributed by atoms with van der Waals surface area (Å²) in [5.74, 6) is 0.136. The Kier molecular flexibility index (Phi) is 5.36. The molecule has 0 bridgehead atoms. The fraction of sp³-hybridized carbons (Fsp3) is 0.333. The van der Waals surface area contributed by atoms with Crippen LogP contribution in [-0.4, -0.2) is 46.5 Å². The number of hydrogen-bond donors (Lipinski definition) is 0. The molecule has 4 rings (SSSR count). The van der Waals surface area contributed by atoms with Gasteiger partial charge in [0.1, 0.15) is 0 Å². The fourth-order valence-electron chi connectivity index (χ4n) is 3.59. The number of aryl methyl sites for hydroxylation is 1. The molecule has 0 spiro atoms. The second kappa shape index (κ2) is 8.06. The van der Waals surface area contributed by atoms with Gasteiger partial charge >= 0.3 is 4.87 Å². The summed E-state index contributed by atoms with van der Waals surface area (Å²) in [7, 11) is 0. The molecule has 2 aromatic carbocycles. The second-order valence-corrected chi connectivity index (χ2v) is 7.87. The summed E-state index contributed by atoms with van der Waals surface area (Å²) in [6, 6.07) is 18.2. The number of hydrogen-bond acceptors (Lipinski definition) is 4. The molecule has 2 heterocycles. The number of carbonyl (C=O) groups is 1. The minimum absolute atomic E-state index is 0.0108.